The van der Waals surface area contributed by atoms with Gasteiger partial charge < -0.3 is 5.73 Å². The van der Waals surface area contributed by atoms with E-state index in [9.17, 15) is 5.26 Å². The zero-order chi connectivity index (χ0) is 20.4. The highest BCUT2D eigenvalue weighted by molar-refractivity contribution is 7.98. The summed E-state index contributed by atoms with van der Waals surface area (Å²) in [5.74, 6) is 0.390. The van der Waals surface area contributed by atoms with Crippen LogP contribution >= 0.6 is 11.8 Å². The number of nitrogens with two attached hydrogens (primary N) is 1. The molecule has 146 valence electrons. The van der Waals surface area contributed by atoms with Gasteiger partial charge in [0.25, 0.3) is 0 Å². The minimum Gasteiger partial charge on any atom is -0.382 e. The number of halogens is 1. The molecule has 2 N–H and O–H groups in total. The SMILES string of the molecule is CSc1ccc(Cc2c(C3CCC3)ccc(-c3cnc(N)cn3)c2F)c(C#N)c1. The number of benzene rings is 2. The molecule has 3 aromatic rings. The number of nitriles is 1. The maximum atomic E-state index is 15.7. The number of aromatic nitrogens is 2. The summed E-state index contributed by atoms with van der Waals surface area (Å²) < 4.78 is 15.7. The highest BCUT2D eigenvalue weighted by atomic mass is 32.2. The second-order valence-electron chi connectivity index (χ2n) is 7.26. The number of thioether (sulfide) groups is 1. The smallest absolute Gasteiger partial charge is 0.141 e. The molecule has 29 heavy (non-hydrogen) atoms. The highest BCUT2D eigenvalue weighted by Crippen LogP contribution is 2.41. The normalized spacial score (nSPS) is 13.7. The van der Waals surface area contributed by atoms with Crippen LogP contribution in [-0.4, -0.2) is 16.2 Å². The maximum absolute atomic E-state index is 15.7. The Morgan fingerprint density at radius 2 is 2.03 bits per heavy atom. The van der Waals surface area contributed by atoms with Crippen LogP contribution in [0.4, 0.5) is 10.2 Å². The summed E-state index contributed by atoms with van der Waals surface area (Å²) in [7, 11) is 0. The van der Waals surface area contributed by atoms with Crippen LogP contribution < -0.4 is 5.73 Å². The van der Waals surface area contributed by atoms with E-state index in [4.69, 9.17) is 5.73 Å². The van der Waals surface area contributed by atoms with Gasteiger partial charge in [-0.25, -0.2) is 9.37 Å². The van der Waals surface area contributed by atoms with E-state index in [2.05, 4.69) is 16.0 Å². The Hall–Kier alpha value is -2.91. The Morgan fingerprint density at radius 3 is 2.66 bits per heavy atom. The predicted molar refractivity (Wildman–Crippen MR) is 114 cm³/mol. The Balaban J connectivity index is 1.81. The molecule has 1 fully saturated rings. The molecule has 6 heteroatoms. The lowest BCUT2D eigenvalue weighted by Gasteiger charge is -2.29. The average Bonchev–Trinajstić information content (AvgIpc) is 2.70. The van der Waals surface area contributed by atoms with E-state index < -0.39 is 0 Å². The average molecular weight is 405 g/mol. The first-order valence-electron chi connectivity index (χ1n) is 9.57. The summed E-state index contributed by atoms with van der Waals surface area (Å²) in [4.78, 5) is 9.31. The van der Waals surface area contributed by atoms with Crippen LogP contribution in [0.2, 0.25) is 0 Å². The molecule has 1 aliphatic rings. The third kappa shape index (κ3) is 3.83. The number of anilines is 1. The minimum atomic E-state index is -0.286. The first kappa shape index (κ1) is 19.4. The molecule has 1 aliphatic carbocycles. The second-order valence-corrected chi connectivity index (χ2v) is 8.14. The number of hydrogen-bond donors (Lipinski definition) is 1. The predicted octanol–water partition coefficient (Wildman–Crippen LogP) is 5.32. The maximum Gasteiger partial charge on any atom is 0.141 e. The summed E-state index contributed by atoms with van der Waals surface area (Å²) in [6.45, 7) is 0. The number of hydrogen-bond acceptors (Lipinski definition) is 5. The van der Waals surface area contributed by atoms with Crippen molar-refractivity contribution in [1.82, 2.24) is 9.97 Å². The van der Waals surface area contributed by atoms with Gasteiger partial charge in [0.15, 0.2) is 0 Å². The molecule has 0 spiro atoms. The van der Waals surface area contributed by atoms with Crippen molar-refractivity contribution in [1.29, 1.82) is 5.26 Å². The monoisotopic (exact) mass is 404 g/mol. The lowest BCUT2D eigenvalue weighted by atomic mass is 9.76. The van der Waals surface area contributed by atoms with Crippen molar-refractivity contribution in [2.75, 3.05) is 12.0 Å². The van der Waals surface area contributed by atoms with Gasteiger partial charge in [-0.3, -0.25) is 4.98 Å². The number of nitrogen functional groups attached to an aromatic ring is 1. The zero-order valence-electron chi connectivity index (χ0n) is 16.2. The lowest BCUT2D eigenvalue weighted by Crippen LogP contribution is -2.13. The van der Waals surface area contributed by atoms with Crippen molar-refractivity contribution < 1.29 is 4.39 Å². The van der Waals surface area contributed by atoms with E-state index in [-0.39, 0.29) is 5.82 Å². The molecule has 1 heterocycles. The molecule has 2 aromatic carbocycles. The number of nitrogens with zero attached hydrogens (tertiary/aromatic N) is 3. The van der Waals surface area contributed by atoms with E-state index in [1.807, 2.05) is 30.5 Å². The molecule has 4 rings (SSSR count). The van der Waals surface area contributed by atoms with Crippen molar-refractivity contribution >= 4 is 17.6 Å². The van der Waals surface area contributed by atoms with Crippen LogP contribution in [0, 0.1) is 17.1 Å². The largest absolute Gasteiger partial charge is 0.382 e. The highest BCUT2D eigenvalue weighted by Gasteiger charge is 2.26. The Morgan fingerprint density at radius 1 is 1.21 bits per heavy atom. The molecule has 0 aliphatic heterocycles. The number of rotatable bonds is 5. The van der Waals surface area contributed by atoms with Gasteiger partial charge in [-0.15, -0.1) is 11.8 Å². The van der Waals surface area contributed by atoms with Gasteiger partial charge >= 0.3 is 0 Å². The summed E-state index contributed by atoms with van der Waals surface area (Å²) in [5.41, 5.74) is 9.61. The molecule has 1 saturated carbocycles. The topological polar surface area (TPSA) is 75.6 Å². The molecule has 0 radical (unpaired) electrons. The van der Waals surface area contributed by atoms with Crippen LogP contribution in [0.3, 0.4) is 0 Å². The second kappa shape index (κ2) is 8.22. The van der Waals surface area contributed by atoms with Crippen molar-refractivity contribution in [3.8, 4) is 17.3 Å². The van der Waals surface area contributed by atoms with Crippen LogP contribution in [0.1, 0.15) is 47.4 Å². The van der Waals surface area contributed by atoms with Gasteiger partial charge in [-0.2, -0.15) is 5.26 Å². The van der Waals surface area contributed by atoms with E-state index in [0.717, 1.165) is 28.9 Å². The molecule has 1 aromatic heterocycles. The van der Waals surface area contributed by atoms with Gasteiger partial charge in [0.2, 0.25) is 0 Å². The summed E-state index contributed by atoms with van der Waals surface area (Å²) in [6, 6.07) is 11.9. The van der Waals surface area contributed by atoms with Crippen molar-refractivity contribution in [3.63, 3.8) is 0 Å². The summed E-state index contributed by atoms with van der Waals surface area (Å²) in [5, 5.41) is 9.60. The molecule has 0 bridgehead atoms. The first-order chi connectivity index (χ1) is 14.1. The molecule has 0 atom stereocenters. The minimum absolute atomic E-state index is 0.286. The summed E-state index contributed by atoms with van der Waals surface area (Å²) in [6.07, 6.45) is 8.60. The van der Waals surface area contributed by atoms with E-state index in [1.54, 1.807) is 17.8 Å². The van der Waals surface area contributed by atoms with Crippen molar-refractivity contribution in [2.45, 2.75) is 36.5 Å². The van der Waals surface area contributed by atoms with Crippen molar-refractivity contribution in [3.05, 3.63) is 70.8 Å². The third-order valence-corrected chi connectivity index (χ3v) is 6.30. The first-order valence-corrected chi connectivity index (χ1v) is 10.8. The summed E-state index contributed by atoms with van der Waals surface area (Å²) >= 11 is 1.59. The zero-order valence-corrected chi connectivity index (χ0v) is 17.0. The van der Waals surface area contributed by atoms with E-state index in [1.165, 1.54) is 18.8 Å². The third-order valence-electron chi connectivity index (χ3n) is 5.58. The van der Waals surface area contributed by atoms with Crippen LogP contribution in [-0.2, 0) is 6.42 Å². The van der Waals surface area contributed by atoms with Gasteiger partial charge in [0.1, 0.15) is 11.6 Å². The van der Waals surface area contributed by atoms with E-state index >= 15 is 4.39 Å². The molecule has 4 nitrogen and oxygen atoms in total. The lowest BCUT2D eigenvalue weighted by molar-refractivity contribution is 0.415. The van der Waals surface area contributed by atoms with Crippen LogP contribution in [0.15, 0.2) is 47.6 Å². The van der Waals surface area contributed by atoms with Gasteiger partial charge in [-0.05, 0) is 59.9 Å². The molecular weight excluding hydrogens is 383 g/mol. The fraction of sp³-hybridized carbons (Fsp3) is 0.261. The Labute approximate surface area is 174 Å². The molecule has 0 amide bonds. The molecular formula is C23H21FN4S. The standard InChI is InChI=1S/C23H21FN4S/c1-29-17-6-5-15(16(9-17)11-25)10-20-18(14-3-2-4-14)7-8-19(23(20)24)21-12-28-22(26)13-27-21/h5-9,12-14H,2-4,10H2,1H3,(H2,26,28). The van der Waals surface area contributed by atoms with Gasteiger partial charge in [0, 0.05) is 16.9 Å². The van der Waals surface area contributed by atoms with Crippen molar-refractivity contribution in [2.24, 2.45) is 0 Å². The quantitative estimate of drug-likeness (QED) is 0.583. The fourth-order valence-corrected chi connectivity index (χ4v) is 4.16. The van der Waals surface area contributed by atoms with Gasteiger partial charge in [0.05, 0.1) is 29.7 Å². The van der Waals surface area contributed by atoms with Crippen LogP contribution in [0.25, 0.3) is 11.3 Å². The van der Waals surface area contributed by atoms with Gasteiger partial charge in [-0.1, -0.05) is 18.6 Å². The van der Waals surface area contributed by atoms with E-state index in [0.29, 0.717) is 40.5 Å². The van der Waals surface area contributed by atoms with Crippen LogP contribution in [0.5, 0.6) is 0 Å². The molecule has 0 unspecified atom stereocenters. The fourth-order valence-electron chi connectivity index (χ4n) is 3.72. The molecule has 0 saturated heterocycles. The Bertz CT molecular complexity index is 1090. The Kier molecular flexibility index (Phi) is 5.50.